The Morgan fingerprint density at radius 1 is 1.42 bits per heavy atom. The summed E-state index contributed by atoms with van der Waals surface area (Å²) < 4.78 is 27.6. The van der Waals surface area contributed by atoms with Crippen LogP contribution in [-0.2, 0) is 13.8 Å². The Hall–Kier alpha value is -1.11. The van der Waals surface area contributed by atoms with E-state index in [0.29, 0.717) is 13.2 Å². The van der Waals surface area contributed by atoms with Crippen LogP contribution in [0.25, 0.3) is 0 Å². The smallest absolute Gasteiger partial charge is 0.261 e. The molecule has 1 N–H and O–H groups in total. The topological polar surface area (TPSA) is 72.5 Å². The van der Waals surface area contributed by atoms with Gasteiger partial charge < -0.3 is 10.1 Å². The lowest BCUT2D eigenvalue weighted by molar-refractivity contribution is 0.0746. The fourth-order valence-electron chi connectivity index (χ4n) is 1.35. The van der Waals surface area contributed by atoms with Crippen LogP contribution in [0.4, 0.5) is 0 Å². The predicted octanol–water partition coefficient (Wildman–Crippen LogP) is 1.77. The highest BCUT2D eigenvalue weighted by molar-refractivity contribution is 8.13. The number of carbonyl (C=O) groups excluding carboxylic acids is 1. The molecule has 0 spiro atoms. The van der Waals surface area contributed by atoms with E-state index in [9.17, 15) is 13.2 Å². The molecule has 5 nitrogen and oxygen atoms in total. The molecule has 0 aliphatic rings. The Morgan fingerprint density at radius 3 is 2.68 bits per heavy atom. The van der Waals surface area contributed by atoms with E-state index >= 15 is 0 Å². The Bertz CT molecular complexity index is 542. The van der Waals surface area contributed by atoms with Crippen molar-refractivity contribution in [2.45, 2.75) is 24.8 Å². The van der Waals surface area contributed by atoms with Gasteiger partial charge in [-0.15, -0.1) is 0 Å². The maximum absolute atomic E-state index is 11.8. The van der Waals surface area contributed by atoms with Crippen LogP contribution in [-0.4, -0.2) is 33.6 Å². The highest BCUT2D eigenvalue weighted by Gasteiger charge is 2.13. The first-order chi connectivity index (χ1) is 8.80. The van der Waals surface area contributed by atoms with Crippen molar-refractivity contribution in [2.24, 2.45) is 0 Å². The summed E-state index contributed by atoms with van der Waals surface area (Å²) in [5.41, 5.74) is 0.242. The van der Waals surface area contributed by atoms with Crippen molar-refractivity contribution < 1.29 is 17.9 Å². The summed E-state index contributed by atoms with van der Waals surface area (Å²) in [6.45, 7) is 4.55. The van der Waals surface area contributed by atoms with Crippen LogP contribution in [0.5, 0.6) is 0 Å². The second-order valence-corrected chi connectivity index (χ2v) is 6.71. The van der Waals surface area contributed by atoms with Gasteiger partial charge in [-0.05, 0) is 32.0 Å². The first-order valence-electron chi connectivity index (χ1n) is 5.75. The van der Waals surface area contributed by atoms with Gasteiger partial charge in [0.15, 0.2) is 0 Å². The van der Waals surface area contributed by atoms with E-state index in [1.807, 2.05) is 13.8 Å². The molecule has 0 radical (unpaired) electrons. The van der Waals surface area contributed by atoms with Crippen molar-refractivity contribution in [1.29, 1.82) is 0 Å². The van der Waals surface area contributed by atoms with E-state index < -0.39 is 9.05 Å². The number of hydrogen-bond acceptors (Lipinski definition) is 4. The largest absolute Gasteiger partial charge is 0.377 e. The number of rotatable bonds is 6. The molecular weight excluding hydrogens is 290 g/mol. The quantitative estimate of drug-likeness (QED) is 0.642. The van der Waals surface area contributed by atoms with Crippen LogP contribution in [0, 0.1) is 0 Å². The molecule has 0 aliphatic heterocycles. The van der Waals surface area contributed by atoms with Crippen molar-refractivity contribution >= 4 is 25.6 Å². The zero-order valence-corrected chi connectivity index (χ0v) is 12.3. The van der Waals surface area contributed by atoms with Gasteiger partial charge in [-0.2, -0.15) is 0 Å². The molecule has 19 heavy (non-hydrogen) atoms. The van der Waals surface area contributed by atoms with Gasteiger partial charge in [-0.25, -0.2) is 8.42 Å². The molecule has 0 saturated heterocycles. The summed E-state index contributed by atoms with van der Waals surface area (Å²) in [5, 5.41) is 2.63. The van der Waals surface area contributed by atoms with Crippen LogP contribution < -0.4 is 5.32 Å². The normalized spacial score (nSPS) is 11.6. The molecule has 0 aliphatic carbocycles. The number of halogens is 1. The van der Waals surface area contributed by atoms with Crippen LogP contribution in [0.2, 0.25) is 0 Å². The predicted molar refractivity (Wildman–Crippen MR) is 72.9 cm³/mol. The summed E-state index contributed by atoms with van der Waals surface area (Å²) in [5.74, 6) is -0.366. The highest BCUT2D eigenvalue weighted by atomic mass is 35.7. The van der Waals surface area contributed by atoms with Crippen LogP contribution in [0.3, 0.4) is 0 Å². The molecule has 0 aromatic heterocycles. The SMILES string of the molecule is CC(C)OCCNC(=O)c1cccc(S(=O)(=O)Cl)c1. The second-order valence-electron chi connectivity index (χ2n) is 4.14. The van der Waals surface area contributed by atoms with Crippen LogP contribution in [0.1, 0.15) is 24.2 Å². The molecule has 0 heterocycles. The Morgan fingerprint density at radius 2 is 2.11 bits per heavy atom. The number of benzene rings is 1. The first kappa shape index (κ1) is 15.9. The standard InChI is InChI=1S/C12H16ClNO4S/c1-9(2)18-7-6-14-12(15)10-4-3-5-11(8-10)19(13,16)17/h3-5,8-9H,6-7H2,1-2H3,(H,14,15). The van der Waals surface area contributed by atoms with Crippen molar-refractivity contribution in [1.82, 2.24) is 5.32 Å². The van der Waals surface area contributed by atoms with Gasteiger partial charge in [0.1, 0.15) is 0 Å². The summed E-state index contributed by atoms with van der Waals surface area (Å²) in [4.78, 5) is 11.7. The van der Waals surface area contributed by atoms with Crippen molar-refractivity contribution in [3.05, 3.63) is 29.8 Å². The second kappa shape index (κ2) is 6.88. The highest BCUT2D eigenvalue weighted by Crippen LogP contribution is 2.15. The third kappa shape index (κ3) is 5.59. The Labute approximate surface area is 117 Å². The van der Waals surface area contributed by atoms with Crippen LogP contribution >= 0.6 is 10.7 Å². The first-order valence-corrected chi connectivity index (χ1v) is 8.06. The van der Waals surface area contributed by atoms with E-state index in [4.69, 9.17) is 15.4 Å². The zero-order chi connectivity index (χ0) is 14.5. The molecule has 1 amide bonds. The van der Waals surface area contributed by atoms with E-state index in [2.05, 4.69) is 5.32 Å². The summed E-state index contributed by atoms with van der Waals surface area (Å²) >= 11 is 0. The number of nitrogens with one attached hydrogen (secondary N) is 1. The molecule has 1 rings (SSSR count). The summed E-state index contributed by atoms with van der Waals surface area (Å²) in [6, 6.07) is 5.56. The van der Waals surface area contributed by atoms with Crippen molar-refractivity contribution in [3.8, 4) is 0 Å². The summed E-state index contributed by atoms with van der Waals surface area (Å²) in [7, 11) is 1.39. The van der Waals surface area contributed by atoms with E-state index in [-0.39, 0.29) is 22.5 Å². The lowest BCUT2D eigenvalue weighted by atomic mass is 10.2. The lowest BCUT2D eigenvalue weighted by Gasteiger charge is -2.09. The van der Waals surface area contributed by atoms with Crippen molar-refractivity contribution in [2.75, 3.05) is 13.2 Å². The molecule has 0 atom stereocenters. The van der Waals surface area contributed by atoms with Gasteiger partial charge in [0.2, 0.25) is 0 Å². The number of amides is 1. The lowest BCUT2D eigenvalue weighted by Crippen LogP contribution is -2.28. The molecule has 7 heteroatoms. The fourth-order valence-corrected chi connectivity index (χ4v) is 2.15. The molecule has 0 unspecified atom stereocenters. The molecule has 1 aromatic rings. The minimum atomic E-state index is -3.83. The molecule has 106 valence electrons. The van der Waals surface area contributed by atoms with Crippen molar-refractivity contribution in [3.63, 3.8) is 0 Å². The minimum absolute atomic E-state index is 0.0970. The maximum Gasteiger partial charge on any atom is 0.261 e. The molecule has 1 aromatic carbocycles. The Balaban J connectivity index is 2.63. The van der Waals surface area contributed by atoms with Gasteiger partial charge in [-0.3, -0.25) is 4.79 Å². The number of hydrogen-bond donors (Lipinski definition) is 1. The van der Waals surface area contributed by atoms with Gasteiger partial charge in [0, 0.05) is 22.8 Å². The molecule has 0 fully saturated rings. The zero-order valence-electron chi connectivity index (χ0n) is 10.7. The third-order valence-electron chi connectivity index (χ3n) is 2.22. The third-order valence-corrected chi connectivity index (χ3v) is 3.57. The number of carbonyl (C=O) groups is 1. The molecule has 0 bridgehead atoms. The molecule has 0 saturated carbocycles. The fraction of sp³-hybridized carbons (Fsp3) is 0.417. The monoisotopic (exact) mass is 305 g/mol. The van der Waals surface area contributed by atoms with Crippen LogP contribution in [0.15, 0.2) is 29.2 Å². The van der Waals surface area contributed by atoms with Gasteiger partial charge >= 0.3 is 0 Å². The maximum atomic E-state index is 11.8. The Kier molecular flexibility index (Phi) is 5.78. The van der Waals surface area contributed by atoms with Gasteiger partial charge in [-0.1, -0.05) is 6.07 Å². The minimum Gasteiger partial charge on any atom is -0.377 e. The van der Waals surface area contributed by atoms with E-state index in [0.717, 1.165) is 0 Å². The number of ether oxygens (including phenoxy) is 1. The molecular formula is C12H16ClNO4S. The average molecular weight is 306 g/mol. The van der Waals surface area contributed by atoms with E-state index in [1.165, 1.54) is 24.3 Å². The summed E-state index contributed by atoms with van der Waals surface area (Å²) in [6.07, 6.45) is 0.0987. The van der Waals surface area contributed by atoms with Gasteiger partial charge in [0.25, 0.3) is 15.0 Å². The van der Waals surface area contributed by atoms with Gasteiger partial charge in [0.05, 0.1) is 17.6 Å². The van der Waals surface area contributed by atoms with E-state index in [1.54, 1.807) is 0 Å². The average Bonchev–Trinajstić information content (AvgIpc) is 2.33.